The van der Waals surface area contributed by atoms with Crippen LogP contribution in [0.1, 0.15) is 46.1 Å². The van der Waals surface area contributed by atoms with Gasteiger partial charge in [0.15, 0.2) is 0 Å². The standard InChI is InChI=1S/C15H29N3/c1-13(2)7-9-18-12-15(11-17-18)6-5-8-16-10-14(3)4/h11-14,16H,5-10H2,1-4H3. The van der Waals surface area contributed by atoms with Crippen LogP contribution in [0.15, 0.2) is 12.4 Å². The Kier molecular flexibility index (Phi) is 7.02. The number of aryl methyl sites for hydroxylation is 2. The van der Waals surface area contributed by atoms with Crippen LogP contribution in [0.5, 0.6) is 0 Å². The molecule has 18 heavy (non-hydrogen) atoms. The highest BCUT2D eigenvalue weighted by molar-refractivity contribution is 5.03. The van der Waals surface area contributed by atoms with Crippen molar-refractivity contribution in [3.05, 3.63) is 18.0 Å². The average molecular weight is 251 g/mol. The Hall–Kier alpha value is -0.830. The molecule has 0 saturated carbocycles. The molecule has 1 heterocycles. The summed E-state index contributed by atoms with van der Waals surface area (Å²) in [7, 11) is 0. The molecular weight excluding hydrogens is 222 g/mol. The van der Waals surface area contributed by atoms with Crippen LogP contribution in [-0.4, -0.2) is 22.9 Å². The van der Waals surface area contributed by atoms with Crippen molar-refractivity contribution in [3.8, 4) is 0 Å². The Morgan fingerprint density at radius 3 is 2.67 bits per heavy atom. The van der Waals surface area contributed by atoms with Gasteiger partial charge in [0, 0.05) is 12.7 Å². The highest BCUT2D eigenvalue weighted by Gasteiger charge is 2.00. The second-order valence-electron chi connectivity index (χ2n) is 6.00. The number of aromatic nitrogens is 2. The van der Waals surface area contributed by atoms with Gasteiger partial charge in [-0.2, -0.15) is 5.10 Å². The smallest absolute Gasteiger partial charge is 0.0521 e. The van der Waals surface area contributed by atoms with Crippen LogP contribution < -0.4 is 5.32 Å². The molecule has 0 aliphatic carbocycles. The maximum Gasteiger partial charge on any atom is 0.0521 e. The van der Waals surface area contributed by atoms with Gasteiger partial charge in [0.2, 0.25) is 0 Å². The molecule has 0 aliphatic rings. The number of nitrogens with zero attached hydrogens (tertiary/aromatic N) is 2. The molecule has 0 fully saturated rings. The molecule has 0 atom stereocenters. The van der Waals surface area contributed by atoms with E-state index in [0.717, 1.165) is 37.9 Å². The highest BCUT2D eigenvalue weighted by Crippen LogP contribution is 2.05. The molecule has 104 valence electrons. The number of nitrogens with one attached hydrogen (secondary N) is 1. The summed E-state index contributed by atoms with van der Waals surface area (Å²) in [4.78, 5) is 0. The Bertz CT molecular complexity index is 315. The van der Waals surface area contributed by atoms with Crippen LogP contribution in [0.25, 0.3) is 0 Å². The van der Waals surface area contributed by atoms with Crippen molar-refractivity contribution in [2.24, 2.45) is 11.8 Å². The molecule has 0 radical (unpaired) electrons. The van der Waals surface area contributed by atoms with Gasteiger partial charge in [-0.05, 0) is 49.8 Å². The maximum absolute atomic E-state index is 4.41. The number of rotatable bonds is 9. The van der Waals surface area contributed by atoms with Gasteiger partial charge in [-0.25, -0.2) is 0 Å². The lowest BCUT2D eigenvalue weighted by atomic mass is 10.1. The van der Waals surface area contributed by atoms with Crippen molar-refractivity contribution in [3.63, 3.8) is 0 Å². The number of hydrogen-bond acceptors (Lipinski definition) is 2. The minimum Gasteiger partial charge on any atom is -0.316 e. The summed E-state index contributed by atoms with van der Waals surface area (Å²) in [5.74, 6) is 1.49. The first-order valence-electron chi connectivity index (χ1n) is 7.30. The predicted octanol–water partition coefficient (Wildman–Crippen LogP) is 3.11. The largest absolute Gasteiger partial charge is 0.316 e. The molecule has 1 aromatic rings. The maximum atomic E-state index is 4.41. The van der Waals surface area contributed by atoms with Crippen molar-refractivity contribution >= 4 is 0 Å². The third kappa shape index (κ3) is 6.80. The molecule has 0 aliphatic heterocycles. The van der Waals surface area contributed by atoms with Crippen molar-refractivity contribution in [1.29, 1.82) is 0 Å². The summed E-state index contributed by atoms with van der Waals surface area (Å²) in [6, 6.07) is 0. The molecular formula is C15H29N3. The molecule has 0 amide bonds. The van der Waals surface area contributed by atoms with Crippen LogP contribution in [0.4, 0.5) is 0 Å². The van der Waals surface area contributed by atoms with Crippen molar-refractivity contribution < 1.29 is 0 Å². The van der Waals surface area contributed by atoms with Crippen molar-refractivity contribution in [2.75, 3.05) is 13.1 Å². The Morgan fingerprint density at radius 2 is 2.00 bits per heavy atom. The summed E-state index contributed by atoms with van der Waals surface area (Å²) in [5.41, 5.74) is 1.37. The van der Waals surface area contributed by atoms with E-state index in [-0.39, 0.29) is 0 Å². The summed E-state index contributed by atoms with van der Waals surface area (Å²) in [6.07, 6.45) is 7.75. The third-order valence-electron chi connectivity index (χ3n) is 2.99. The minimum absolute atomic E-state index is 0.740. The molecule has 1 N–H and O–H groups in total. The van der Waals surface area contributed by atoms with Crippen LogP contribution >= 0.6 is 0 Å². The first-order chi connectivity index (χ1) is 8.58. The van der Waals surface area contributed by atoms with Gasteiger partial charge < -0.3 is 5.32 Å². The van der Waals surface area contributed by atoms with Crippen molar-refractivity contribution in [2.45, 2.75) is 53.5 Å². The molecule has 0 spiro atoms. The predicted molar refractivity (Wildman–Crippen MR) is 77.7 cm³/mol. The zero-order valence-electron chi connectivity index (χ0n) is 12.4. The average Bonchev–Trinajstić information content (AvgIpc) is 2.73. The van der Waals surface area contributed by atoms with E-state index in [1.165, 1.54) is 18.4 Å². The van der Waals surface area contributed by atoms with E-state index in [1.54, 1.807) is 0 Å². The molecule has 0 bridgehead atoms. The van der Waals surface area contributed by atoms with E-state index < -0.39 is 0 Å². The van der Waals surface area contributed by atoms with E-state index in [1.807, 2.05) is 6.20 Å². The van der Waals surface area contributed by atoms with Gasteiger partial charge >= 0.3 is 0 Å². The van der Waals surface area contributed by atoms with Crippen LogP contribution in [-0.2, 0) is 13.0 Å². The van der Waals surface area contributed by atoms with E-state index in [9.17, 15) is 0 Å². The van der Waals surface area contributed by atoms with Crippen LogP contribution in [0.3, 0.4) is 0 Å². The summed E-state index contributed by atoms with van der Waals surface area (Å²) in [6.45, 7) is 12.3. The minimum atomic E-state index is 0.740. The molecule has 1 aromatic heterocycles. The van der Waals surface area contributed by atoms with Gasteiger partial charge in [0.25, 0.3) is 0 Å². The Labute approximate surface area is 112 Å². The Balaban J connectivity index is 2.15. The molecule has 0 aromatic carbocycles. The fraction of sp³-hybridized carbons (Fsp3) is 0.800. The first kappa shape index (κ1) is 15.2. The molecule has 0 saturated heterocycles. The van der Waals surface area contributed by atoms with Crippen molar-refractivity contribution in [1.82, 2.24) is 15.1 Å². The highest BCUT2D eigenvalue weighted by atomic mass is 15.3. The molecule has 3 nitrogen and oxygen atoms in total. The summed E-state index contributed by atoms with van der Waals surface area (Å²) in [5, 5.41) is 7.89. The fourth-order valence-corrected chi connectivity index (χ4v) is 1.86. The lowest BCUT2D eigenvalue weighted by molar-refractivity contribution is 0.487. The zero-order chi connectivity index (χ0) is 13.4. The van der Waals surface area contributed by atoms with E-state index in [4.69, 9.17) is 0 Å². The second-order valence-corrected chi connectivity index (χ2v) is 6.00. The fourth-order valence-electron chi connectivity index (χ4n) is 1.86. The van der Waals surface area contributed by atoms with Gasteiger partial charge in [0.05, 0.1) is 6.20 Å². The molecule has 1 rings (SSSR count). The third-order valence-corrected chi connectivity index (χ3v) is 2.99. The topological polar surface area (TPSA) is 29.9 Å². The van der Waals surface area contributed by atoms with Gasteiger partial charge in [0.1, 0.15) is 0 Å². The van der Waals surface area contributed by atoms with Gasteiger partial charge in [-0.1, -0.05) is 27.7 Å². The summed E-state index contributed by atoms with van der Waals surface area (Å²) < 4.78 is 2.08. The normalized spacial score (nSPS) is 11.7. The Morgan fingerprint density at radius 1 is 1.22 bits per heavy atom. The number of hydrogen-bond donors (Lipinski definition) is 1. The SMILES string of the molecule is CC(C)CCn1cc(CCCNCC(C)C)cn1. The van der Waals surface area contributed by atoms with Gasteiger partial charge in [-0.15, -0.1) is 0 Å². The quantitative estimate of drug-likeness (QED) is 0.683. The van der Waals surface area contributed by atoms with Crippen LogP contribution in [0, 0.1) is 11.8 Å². The van der Waals surface area contributed by atoms with E-state index in [0.29, 0.717) is 0 Å². The monoisotopic (exact) mass is 251 g/mol. The van der Waals surface area contributed by atoms with Gasteiger partial charge in [-0.3, -0.25) is 4.68 Å². The van der Waals surface area contributed by atoms with E-state index >= 15 is 0 Å². The van der Waals surface area contributed by atoms with Crippen LogP contribution in [0.2, 0.25) is 0 Å². The lowest BCUT2D eigenvalue weighted by Gasteiger charge is -2.06. The lowest BCUT2D eigenvalue weighted by Crippen LogP contribution is -2.20. The first-order valence-corrected chi connectivity index (χ1v) is 7.30. The summed E-state index contributed by atoms with van der Waals surface area (Å²) >= 11 is 0. The molecule has 3 heteroatoms. The molecule has 0 unspecified atom stereocenters. The second kappa shape index (κ2) is 8.30. The zero-order valence-corrected chi connectivity index (χ0v) is 12.4. The van der Waals surface area contributed by atoms with E-state index in [2.05, 4.69) is 49.0 Å².